The minimum Gasteiger partial charge on any atom is -0.382 e. The Morgan fingerprint density at radius 2 is 1.87 bits per heavy atom. The molecule has 1 aromatic carbocycles. The number of rotatable bonds is 1. The summed E-state index contributed by atoms with van der Waals surface area (Å²) in [6.45, 7) is 1.94. The summed E-state index contributed by atoms with van der Waals surface area (Å²) < 4.78 is 0. The minimum absolute atomic E-state index is 0. The molecular weight excluding hydrogens is 233 g/mol. The Morgan fingerprint density at radius 3 is 2.33 bits per heavy atom. The van der Waals surface area contributed by atoms with E-state index < -0.39 is 0 Å². The first-order valence-electron chi connectivity index (χ1n) is 4.25. The van der Waals surface area contributed by atoms with E-state index in [0.29, 0.717) is 10.8 Å². The van der Waals surface area contributed by atoms with Gasteiger partial charge in [-0.1, -0.05) is 23.7 Å². The second-order valence-corrected chi connectivity index (χ2v) is 3.55. The SMILES string of the molecule is Cc1[nH]nc(N)c1-c1ccc(Cl)cc1.Cl. The summed E-state index contributed by atoms with van der Waals surface area (Å²) in [6, 6.07) is 7.53. The van der Waals surface area contributed by atoms with E-state index in [9.17, 15) is 0 Å². The topological polar surface area (TPSA) is 54.7 Å². The maximum Gasteiger partial charge on any atom is 0.153 e. The number of hydrogen-bond donors (Lipinski definition) is 2. The molecular formula is C10H11Cl2N3. The molecule has 0 radical (unpaired) electrons. The van der Waals surface area contributed by atoms with E-state index in [2.05, 4.69) is 10.2 Å². The lowest BCUT2D eigenvalue weighted by atomic mass is 10.1. The zero-order valence-corrected chi connectivity index (χ0v) is 9.69. The smallest absolute Gasteiger partial charge is 0.153 e. The molecule has 0 aliphatic heterocycles. The van der Waals surface area contributed by atoms with Crippen LogP contribution < -0.4 is 5.73 Å². The number of aromatic nitrogens is 2. The van der Waals surface area contributed by atoms with Gasteiger partial charge < -0.3 is 5.73 Å². The van der Waals surface area contributed by atoms with E-state index in [4.69, 9.17) is 17.3 Å². The van der Waals surface area contributed by atoms with Crippen LogP contribution in [0.3, 0.4) is 0 Å². The van der Waals surface area contributed by atoms with Crippen LogP contribution in [0, 0.1) is 6.92 Å². The summed E-state index contributed by atoms with van der Waals surface area (Å²) in [5, 5.41) is 7.49. The predicted octanol–water partition coefficient (Wildman–Crippen LogP) is 3.04. The molecule has 0 saturated heterocycles. The summed E-state index contributed by atoms with van der Waals surface area (Å²) >= 11 is 5.80. The van der Waals surface area contributed by atoms with Gasteiger partial charge in [0.2, 0.25) is 0 Å². The average Bonchev–Trinajstić information content (AvgIpc) is 2.49. The van der Waals surface area contributed by atoms with Crippen LogP contribution in [-0.4, -0.2) is 10.2 Å². The van der Waals surface area contributed by atoms with E-state index >= 15 is 0 Å². The van der Waals surface area contributed by atoms with E-state index in [1.807, 2.05) is 31.2 Å². The van der Waals surface area contributed by atoms with Gasteiger partial charge in [0.1, 0.15) is 0 Å². The number of halogens is 2. The van der Waals surface area contributed by atoms with Gasteiger partial charge in [0.15, 0.2) is 5.82 Å². The van der Waals surface area contributed by atoms with Gasteiger partial charge in [-0.15, -0.1) is 12.4 Å². The van der Waals surface area contributed by atoms with Gasteiger partial charge in [-0.3, -0.25) is 5.10 Å². The van der Waals surface area contributed by atoms with Gasteiger partial charge >= 0.3 is 0 Å². The van der Waals surface area contributed by atoms with Gasteiger partial charge in [0, 0.05) is 16.3 Å². The lowest BCUT2D eigenvalue weighted by Gasteiger charge is -2.00. The molecule has 2 rings (SSSR count). The highest BCUT2D eigenvalue weighted by atomic mass is 35.5. The zero-order chi connectivity index (χ0) is 10.1. The van der Waals surface area contributed by atoms with Crippen molar-refractivity contribution in [3.63, 3.8) is 0 Å². The Balaban J connectivity index is 0.00000112. The molecule has 0 bridgehead atoms. The molecule has 1 heterocycles. The Hall–Kier alpha value is -1.19. The molecule has 3 N–H and O–H groups in total. The summed E-state index contributed by atoms with van der Waals surface area (Å²) in [4.78, 5) is 0. The fourth-order valence-corrected chi connectivity index (χ4v) is 1.55. The number of H-pyrrole nitrogens is 1. The van der Waals surface area contributed by atoms with Crippen LogP contribution in [-0.2, 0) is 0 Å². The van der Waals surface area contributed by atoms with E-state index in [-0.39, 0.29) is 12.4 Å². The number of nitrogens with zero attached hydrogens (tertiary/aromatic N) is 1. The molecule has 0 saturated carbocycles. The third-order valence-electron chi connectivity index (χ3n) is 2.11. The van der Waals surface area contributed by atoms with Crippen molar-refractivity contribution in [1.29, 1.82) is 0 Å². The third kappa shape index (κ3) is 2.25. The van der Waals surface area contributed by atoms with E-state index in [0.717, 1.165) is 16.8 Å². The number of nitrogens with one attached hydrogen (secondary N) is 1. The first kappa shape index (κ1) is 11.9. The standard InChI is InChI=1S/C10H10ClN3.ClH/c1-6-9(10(12)14-13-6)7-2-4-8(11)5-3-7;/h2-5H,1H3,(H3,12,13,14);1H. The van der Waals surface area contributed by atoms with Gasteiger partial charge in [-0.25, -0.2) is 0 Å². The highest BCUT2D eigenvalue weighted by Gasteiger charge is 2.08. The quantitative estimate of drug-likeness (QED) is 0.809. The van der Waals surface area contributed by atoms with Crippen molar-refractivity contribution in [2.24, 2.45) is 0 Å². The third-order valence-corrected chi connectivity index (χ3v) is 2.36. The summed E-state index contributed by atoms with van der Waals surface area (Å²) in [6.07, 6.45) is 0. The monoisotopic (exact) mass is 243 g/mol. The minimum atomic E-state index is 0. The molecule has 0 aliphatic carbocycles. The molecule has 0 fully saturated rings. The highest BCUT2D eigenvalue weighted by molar-refractivity contribution is 6.30. The molecule has 15 heavy (non-hydrogen) atoms. The summed E-state index contributed by atoms with van der Waals surface area (Å²) in [5.41, 5.74) is 8.67. The number of aryl methyl sites for hydroxylation is 1. The van der Waals surface area contributed by atoms with Crippen molar-refractivity contribution >= 4 is 29.8 Å². The van der Waals surface area contributed by atoms with Gasteiger partial charge in [-0.05, 0) is 24.6 Å². The number of benzene rings is 1. The van der Waals surface area contributed by atoms with Gasteiger partial charge in [0.25, 0.3) is 0 Å². The Labute approximate surface area is 99.0 Å². The Morgan fingerprint density at radius 1 is 1.27 bits per heavy atom. The molecule has 1 aromatic heterocycles. The molecule has 0 atom stereocenters. The van der Waals surface area contributed by atoms with E-state index in [1.54, 1.807) is 0 Å². The molecule has 5 heteroatoms. The first-order valence-corrected chi connectivity index (χ1v) is 4.62. The fourth-order valence-electron chi connectivity index (χ4n) is 1.43. The maximum absolute atomic E-state index is 5.80. The number of nitrogens with two attached hydrogens (primary N) is 1. The fraction of sp³-hybridized carbons (Fsp3) is 0.100. The lowest BCUT2D eigenvalue weighted by Crippen LogP contribution is -1.88. The molecule has 0 amide bonds. The number of hydrogen-bond acceptors (Lipinski definition) is 2. The second-order valence-electron chi connectivity index (χ2n) is 3.12. The van der Waals surface area contributed by atoms with Crippen molar-refractivity contribution in [1.82, 2.24) is 10.2 Å². The van der Waals surface area contributed by atoms with Crippen molar-refractivity contribution in [3.05, 3.63) is 35.0 Å². The number of anilines is 1. The van der Waals surface area contributed by atoms with Crippen LogP contribution in [0.1, 0.15) is 5.69 Å². The van der Waals surface area contributed by atoms with Crippen molar-refractivity contribution in [2.45, 2.75) is 6.92 Å². The molecule has 3 nitrogen and oxygen atoms in total. The summed E-state index contributed by atoms with van der Waals surface area (Å²) in [7, 11) is 0. The van der Waals surface area contributed by atoms with Crippen molar-refractivity contribution < 1.29 is 0 Å². The lowest BCUT2D eigenvalue weighted by molar-refractivity contribution is 1.05. The van der Waals surface area contributed by atoms with Crippen LogP contribution in [0.5, 0.6) is 0 Å². The highest BCUT2D eigenvalue weighted by Crippen LogP contribution is 2.27. The second kappa shape index (κ2) is 4.55. The van der Waals surface area contributed by atoms with Gasteiger partial charge in [0.05, 0.1) is 0 Å². The zero-order valence-electron chi connectivity index (χ0n) is 8.12. The van der Waals surface area contributed by atoms with Crippen LogP contribution in [0.15, 0.2) is 24.3 Å². The number of nitrogen functional groups attached to an aromatic ring is 1. The molecule has 80 valence electrons. The van der Waals surface area contributed by atoms with Crippen molar-refractivity contribution in [3.8, 4) is 11.1 Å². The Kier molecular flexibility index (Phi) is 3.61. The molecule has 0 aliphatic rings. The maximum atomic E-state index is 5.80. The van der Waals surface area contributed by atoms with Gasteiger partial charge in [-0.2, -0.15) is 5.10 Å². The van der Waals surface area contributed by atoms with Crippen molar-refractivity contribution in [2.75, 3.05) is 5.73 Å². The van der Waals surface area contributed by atoms with Crippen LogP contribution >= 0.6 is 24.0 Å². The van der Waals surface area contributed by atoms with Crippen LogP contribution in [0.4, 0.5) is 5.82 Å². The largest absolute Gasteiger partial charge is 0.382 e. The number of aromatic amines is 1. The van der Waals surface area contributed by atoms with Crippen LogP contribution in [0.2, 0.25) is 5.02 Å². The van der Waals surface area contributed by atoms with E-state index in [1.165, 1.54) is 0 Å². The molecule has 0 unspecified atom stereocenters. The summed E-state index contributed by atoms with van der Waals surface area (Å²) in [5.74, 6) is 0.518. The average molecular weight is 244 g/mol. The first-order chi connectivity index (χ1) is 6.68. The normalized spacial score (nSPS) is 9.73. The Bertz CT molecular complexity index is 429. The molecule has 0 spiro atoms. The molecule has 2 aromatic rings. The predicted molar refractivity (Wildman–Crippen MR) is 65.4 cm³/mol. The van der Waals surface area contributed by atoms with Crippen LogP contribution in [0.25, 0.3) is 11.1 Å².